The van der Waals surface area contributed by atoms with Crippen LogP contribution in [0.4, 0.5) is 0 Å². The molecule has 0 bridgehead atoms. The maximum atomic E-state index is 12.4. The SMILES string of the molecule is N#Cc1cccc([C@@H]2[C@@H](C(=O)O)CC(=O)N2CCc2ccccc2)c1. The first-order chi connectivity index (χ1) is 12.1. The number of nitriles is 1. The number of carbonyl (C=O) groups is 2. The lowest BCUT2D eigenvalue weighted by Crippen LogP contribution is -2.32. The number of hydrogen-bond donors (Lipinski definition) is 1. The quantitative estimate of drug-likeness (QED) is 0.911. The highest BCUT2D eigenvalue weighted by molar-refractivity contribution is 5.87. The molecule has 0 spiro atoms. The zero-order chi connectivity index (χ0) is 17.8. The van der Waals surface area contributed by atoms with E-state index in [-0.39, 0.29) is 12.3 Å². The highest BCUT2D eigenvalue weighted by Gasteiger charge is 2.44. The van der Waals surface area contributed by atoms with Gasteiger partial charge in [0.2, 0.25) is 5.91 Å². The van der Waals surface area contributed by atoms with Gasteiger partial charge in [-0.2, -0.15) is 5.26 Å². The lowest BCUT2D eigenvalue weighted by molar-refractivity contribution is -0.142. The van der Waals surface area contributed by atoms with Crippen LogP contribution in [0.15, 0.2) is 54.6 Å². The van der Waals surface area contributed by atoms with E-state index in [9.17, 15) is 14.7 Å². The summed E-state index contributed by atoms with van der Waals surface area (Å²) in [5.74, 6) is -1.93. The van der Waals surface area contributed by atoms with Crippen LogP contribution in [-0.4, -0.2) is 28.4 Å². The zero-order valence-electron chi connectivity index (χ0n) is 13.6. The number of carboxylic acid groups (broad SMARTS) is 1. The molecule has 1 amide bonds. The Balaban J connectivity index is 1.89. The zero-order valence-corrected chi connectivity index (χ0v) is 13.6. The number of carbonyl (C=O) groups excluding carboxylic acids is 1. The van der Waals surface area contributed by atoms with Gasteiger partial charge in [-0.05, 0) is 29.7 Å². The molecule has 1 aliphatic heterocycles. The highest BCUT2D eigenvalue weighted by Crippen LogP contribution is 2.38. The number of rotatable bonds is 5. The van der Waals surface area contributed by atoms with Gasteiger partial charge in [-0.25, -0.2) is 0 Å². The largest absolute Gasteiger partial charge is 0.481 e. The molecule has 5 nitrogen and oxygen atoms in total. The van der Waals surface area contributed by atoms with Gasteiger partial charge in [0.05, 0.1) is 23.6 Å². The summed E-state index contributed by atoms with van der Waals surface area (Å²) >= 11 is 0. The third kappa shape index (κ3) is 3.53. The number of hydrogen-bond acceptors (Lipinski definition) is 3. The Bertz CT molecular complexity index is 826. The van der Waals surface area contributed by atoms with Gasteiger partial charge in [0, 0.05) is 13.0 Å². The fraction of sp³-hybridized carbons (Fsp3) is 0.250. The fourth-order valence-corrected chi connectivity index (χ4v) is 3.37. The van der Waals surface area contributed by atoms with Gasteiger partial charge < -0.3 is 10.0 Å². The van der Waals surface area contributed by atoms with Crippen LogP contribution >= 0.6 is 0 Å². The molecule has 1 aliphatic rings. The Morgan fingerprint density at radius 3 is 2.64 bits per heavy atom. The van der Waals surface area contributed by atoms with Crippen LogP contribution in [0.1, 0.15) is 29.2 Å². The smallest absolute Gasteiger partial charge is 0.309 e. The molecule has 0 unspecified atom stereocenters. The third-order valence-corrected chi connectivity index (χ3v) is 4.59. The number of nitrogens with zero attached hydrogens (tertiary/aromatic N) is 2. The molecule has 2 atom stereocenters. The summed E-state index contributed by atoms with van der Waals surface area (Å²) in [4.78, 5) is 25.7. The van der Waals surface area contributed by atoms with Gasteiger partial charge in [0.1, 0.15) is 0 Å². The van der Waals surface area contributed by atoms with Crippen LogP contribution in [0.3, 0.4) is 0 Å². The van der Waals surface area contributed by atoms with E-state index in [0.29, 0.717) is 24.1 Å². The van der Waals surface area contributed by atoms with Crippen LogP contribution < -0.4 is 0 Å². The van der Waals surface area contributed by atoms with Crippen molar-refractivity contribution >= 4 is 11.9 Å². The maximum Gasteiger partial charge on any atom is 0.309 e. The van der Waals surface area contributed by atoms with E-state index in [4.69, 9.17) is 5.26 Å². The van der Waals surface area contributed by atoms with E-state index >= 15 is 0 Å². The molecule has 0 saturated carbocycles. The monoisotopic (exact) mass is 334 g/mol. The van der Waals surface area contributed by atoms with Crippen LogP contribution in [0.5, 0.6) is 0 Å². The van der Waals surface area contributed by atoms with Crippen molar-refractivity contribution in [3.8, 4) is 6.07 Å². The topological polar surface area (TPSA) is 81.4 Å². The summed E-state index contributed by atoms with van der Waals surface area (Å²) < 4.78 is 0. The molecule has 2 aromatic rings. The minimum absolute atomic E-state index is 0.00836. The molecule has 1 fully saturated rings. The molecule has 126 valence electrons. The van der Waals surface area contributed by atoms with Crippen LogP contribution in [0.2, 0.25) is 0 Å². The van der Waals surface area contributed by atoms with Crippen molar-refractivity contribution < 1.29 is 14.7 Å². The Morgan fingerprint density at radius 2 is 1.96 bits per heavy atom. The minimum atomic E-state index is -0.983. The predicted octanol–water partition coefficient (Wildman–Crippen LogP) is 2.78. The van der Waals surface area contributed by atoms with E-state index < -0.39 is 17.9 Å². The molecule has 2 aromatic carbocycles. The normalized spacial score (nSPS) is 19.6. The Kier molecular flexibility index (Phi) is 4.80. The average Bonchev–Trinajstić information content (AvgIpc) is 2.97. The standard InChI is InChI=1S/C20H18N2O3/c21-13-15-7-4-8-16(11-15)19-17(20(24)25)12-18(23)22(19)10-9-14-5-2-1-3-6-14/h1-8,11,17,19H,9-10,12H2,(H,24,25)/t17-,19+/m0/s1. The second kappa shape index (κ2) is 7.18. The Hall–Kier alpha value is -3.13. The van der Waals surface area contributed by atoms with Crippen molar-refractivity contribution in [2.45, 2.75) is 18.9 Å². The number of aliphatic carboxylic acids is 1. The highest BCUT2D eigenvalue weighted by atomic mass is 16.4. The van der Waals surface area contributed by atoms with Crippen LogP contribution in [-0.2, 0) is 16.0 Å². The number of amides is 1. The molecule has 3 rings (SSSR count). The molecule has 25 heavy (non-hydrogen) atoms. The summed E-state index contributed by atoms with van der Waals surface area (Å²) in [6.45, 7) is 0.452. The first-order valence-electron chi connectivity index (χ1n) is 8.16. The number of carboxylic acids is 1. The average molecular weight is 334 g/mol. The molecule has 5 heteroatoms. The summed E-state index contributed by atoms with van der Waals surface area (Å²) in [5, 5.41) is 18.7. The van der Waals surface area contributed by atoms with Crippen molar-refractivity contribution in [2.75, 3.05) is 6.54 Å². The summed E-state index contributed by atoms with van der Waals surface area (Å²) in [6.07, 6.45) is 0.652. The lowest BCUT2D eigenvalue weighted by atomic mass is 9.92. The van der Waals surface area contributed by atoms with E-state index in [1.165, 1.54) is 0 Å². The van der Waals surface area contributed by atoms with Crippen molar-refractivity contribution in [2.24, 2.45) is 5.92 Å². The molecule has 0 aromatic heterocycles. The van der Waals surface area contributed by atoms with E-state index in [1.54, 1.807) is 29.2 Å². The van der Waals surface area contributed by atoms with E-state index in [1.807, 2.05) is 30.3 Å². The van der Waals surface area contributed by atoms with E-state index in [2.05, 4.69) is 6.07 Å². The van der Waals surface area contributed by atoms with E-state index in [0.717, 1.165) is 5.56 Å². The van der Waals surface area contributed by atoms with Gasteiger partial charge in [-0.3, -0.25) is 9.59 Å². The Labute approximate surface area is 146 Å². The van der Waals surface area contributed by atoms with Gasteiger partial charge in [-0.1, -0.05) is 42.5 Å². The van der Waals surface area contributed by atoms with Gasteiger partial charge in [0.15, 0.2) is 0 Å². The number of likely N-dealkylation sites (tertiary alicyclic amines) is 1. The third-order valence-electron chi connectivity index (χ3n) is 4.59. The molecule has 1 N–H and O–H groups in total. The Morgan fingerprint density at radius 1 is 1.20 bits per heavy atom. The lowest BCUT2D eigenvalue weighted by Gasteiger charge is -2.27. The predicted molar refractivity (Wildman–Crippen MR) is 91.5 cm³/mol. The summed E-state index contributed by atoms with van der Waals surface area (Å²) in [7, 11) is 0. The fourth-order valence-electron chi connectivity index (χ4n) is 3.37. The molecule has 1 saturated heterocycles. The first-order valence-corrected chi connectivity index (χ1v) is 8.16. The molecular formula is C20H18N2O3. The minimum Gasteiger partial charge on any atom is -0.481 e. The van der Waals surface area contributed by atoms with Crippen LogP contribution in [0, 0.1) is 17.2 Å². The van der Waals surface area contributed by atoms with Crippen LogP contribution in [0.25, 0.3) is 0 Å². The summed E-state index contributed by atoms with van der Waals surface area (Å²) in [6, 6.07) is 18.2. The molecule has 0 radical (unpaired) electrons. The summed E-state index contributed by atoms with van der Waals surface area (Å²) in [5.41, 5.74) is 2.26. The van der Waals surface area contributed by atoms with Crippen molar-refractivity contribution in [1.29, 1.82) is 5.26 Å². The molecule has 1 heterocycles. The first kappa shape index (κ1) is 16.7. The van der Waals surface area contributed by atoms with Crippen molar-refractivity contribution in [3.63, 3.8) is 0 Å². The van der Waals surface area contributed by atoms with Gasteiger partial charge >= 0.3 is 5.97 Å². The van der Waals surface area contributed by atoms with Crippen molar-refractivity contribution in [3.05, 3.63) is 71.3 Å². The maximum absolute atomic E-state index is 12.4. The number of benzene rings is 2. The molecule has 0 aliphatic carbocycles. The van der Waals surface area contributed by atoms with Crippen molar-refractivity contribution in [1.82, 2.24) is 4.90 Å². The second-order valence-electron chi connectivity index (χ2n) is 6.15. The van der Waals surface area contributed by atoms with Gasteiger partial charge in [0.25, 0.3) is 0 Å². The second-order valence-corrected chi connectivity index (χ2v) is 6.15. The molecular weight excluding hydrogens is 316 g/mol. The van der Waals surface area contributed by atoms with Gasteiger partial charge in [-0.15, -0.1) is 0 Å².